The summed E-state index contributed by atoms with van der Waals surface area (Å²) in [4.78, 5) is 6.93. The Balaban J connectivity index is 0.00000385. The van der Waals surface area contributed by atoms with E-state index in [1.165, 1.54) is 12.7 Å². The molecule has 1 unspecified atom stereocenters. The molecule has 2 aromatic carbocycles. The lowest BCUT2D eigenvalue weighted by Gasteiger charge is -2.22. The fraction of sp³-hybridized carbons (Fsp3) is 0.458. The molecule has 9 heteroatoms. The molecule has 3 rings (SSSR count). The number of likely N-dealkylation sites (tertiary alicyclic amines) is 1. The van der Waals surface area contributed by atoms with Gasteiger partial charge >= 0.3 is 6.61 Å². The lowest BCUT2D eigenvalue weighted by molar-refractivity contribution is -0.0512. The minimum atomic E-state index is -2.91. The predicted molar refractivity (Wildman–Crippen MR) is 136 cm³/mol. The molecule has 6 nitrogen and oxygen atoms in total. The van der Waals surface area contributed by atoms with Gasteiger partial charge in [0.25, 0.3) is 0 Å². The topological polar surface area (TPSA) is 55.3 Å². The second-order valence-corrected chi connectivity index (χ2v) is 7.64. The third-order valence-corrected chi connectivity index (χ3v) is 5.24. The highest BCUT2D eigenvalue weighted by molar-refractivity contribution is 14.0. The molecule has 1 saturated heterocycles. The largest absolute Gasteiger partial charge is 0.493 e. The van der Waals surface area contributed by atoms with Crippen LogP contribution in [0.25, 0.3) is 0 Å². The Kier molecular flexibility index (Phi) is 11.7. The zero-order valence-corrected chi connectivity index (χ0v) is 21.3. The first-order valence-corrected chi connectivity index (χ1v) is 10.9. The van der Waals surface area contributed by atoms with Gasteiger partial charge in [0.1, 0.15) is 0 Å². The van der Waals surface area contributed by atoms with Crippen molar-refractivity contribution < 1.29 is 23.0 Å². The van der Waals surface area contributed by atoms with Gasteiger partial charge in [0.15, 0.2) is 17.5 Å². The van der Waals surface area contributed by atoms with Gasteiger partial charge in [-0.1, -0.05) is 36.4 Å². The summed E-state index contributed by atoms with van der Waals surface area (Å²) in [6.45, 7) is 3.28. The maximum Gasteiger partial charge on any atom is 0.387 e. The van der Waals surface area contributed by atoms with Crippen molar-refractivity contribution in [3.05, 3.63) is 59.7 Å². The Bertz CT molecular complexity index is 871. The molecule has 0 aliphatic carbocycles. The van der Waals surface area contributed by atoms with Crippen LogP contribution in [0.4, 0.5) is 8.78 Å². The number of hydrogen-bond acceptors (Lipinski definition) is 4. The molecule has 1 heterocycles. The highest BCUT2D eigenvalue weighted by Crippen LogP contribution is 2.29. The van der Waals surface area contributed by atoms with Gasteiger partial charge in [0.2, 0.25) is 0 Å². The van der Waals surface area contributed by atoms with E-state index >= 15 is 0 Å². The van der Waals surface area contributed by atoms with E-state index in [4.69, 9.17) is 14.5 Å². The Morgan fingerprint density at radius 2 is 1.94 bits per heavy atom. The molecular formula is C24H32F2IN3O3. The van der Waals surface area contributed by atoms with Crippen LogP contribution in [0.1, 0.15) is 24.5 Å². The van der Waals surface area contributed by atoms with Crippen LogP contribution in [0.2, 0.25) is 0 Å². The summed E-state index contributed by atoms with van der Waals surface area (Å²) in [6, 6.07) is 15.1. The quantitative estimate of drug-likeness (QED) is 0.248. The van der Waals surface area contributed by atoms with Gasteiger partial charge in [0.05, 0.1) is 26.9 Å². The number of methoxy groups -OCH3 is 1. The average molecular weight is 575 g/mol. The first-order chi connectivity index (χ1) is 15.6. The molecule has 0 radical (unpaired) electrons. The number of aliphatic imine (C=N–C) groups is 1. The monoisotopic (exact) mass is 575 g/mol. The zero-order valence-electron chi connectivity index (χ0n) is 19.0. The maximum absolute atomic E-state index is 12.7. The number of rotatable bonds is 10. The van der Waals surface area contributed by atoms with Crippen LogP contribution >= 0.6 is 24.0 Å². The molecular weight excluding hydrogens is 543 g/mol. The van der Waals surface area contributed by atoms with Gasteiger partial charge < -0.3 is 24.4 Å². The van der Waals surface area contributed by atoms with Gasteiger partial charge in [-0.2, -0.15) is 8.78 Å². The average Bonchev–Trinajstić information content (AvgIpc) is 3.26. The fourth-order valence-electron chi connectivity index (χ4n) is 3.68. The summed E-state index contributed by atoms with van der Waals surface area (Å²) < 4.78 is 40.9. The van der Waals surface area contributed by atoms with Crippen molar-refractivity contribution >= 4 is 29.9 Å². The molecule has 0 bridgehead atoms. The molecule has 0 spiro atoms. The zero-order chi connectivity index (χ0) is 22.8. The van der Waals surface area contributed by atoms with E-state index < -0.39 is 6.61 Å². The fourth-order valence-corrected chi connectivity index (χ4v) is 3.68. The normalized spacial score (nSPS) is 16.0. The molecule has 0 amide bonds. The van der Waals surface area contributed by atoms with E-state index in [-0.39, 0.29) is 35.5 Å². The predicted octanol–water partition coefficient (Wildman–Crippen LogP) is 4.92. The van der Waals surface area contributed by atoms with Gasteiger partial charge in [-0.25, -0.2) is 4.99 Å². The first-order valence-electron chi connectivity index (χ1n) is 10.9. The summed E-state index contributed by atoms with van der Waals surface area (Å²) in [5.41, 5.74) is 1.94. The van der Waals surface area contributed by atoms with Crippen molar-refractivity contribution in [1.29, 1.82) is 0 Å². The molecule has 1 N–H and O–H groups in total. The minimum Gasteiger partial charge on any atom is -0.493 e. The van der Waals surface area contributed by atoms with Crippen molar-refractivity contribution in [2.75, 3.05) is 33.4 Å². The maximum atomic E-state index is 12.7. The highest BCUT2D eigenvalue weighted by Gasteiger charge is 2.25. The minimum absolute atomic E-state index is 0. The lowest BCUT2D eigenvalue weighted by atomic mass is 10.1. The Hall–Kier alpha value is -2.14. The van der Waals surface area contributed by atoms with E-state index in [2.05, 4.69) is 27.1 Å². The highest BCUT2D eigenvalue weighted by atomic mass is 127. The molecule has 1 atom stereocenters. The standard InChI is InChI=1S/C24H31F2N3O3.HI/c1-3-27-24(28-14-19-9-10-21(30-2)22(13-19)32-23(25)26)29-12-11-20(15-29)17-31-16-18-7-5-4-6-8-18;/h4-10,13,20,23H,3,11-12,14-17H2,1-2H3,(H,27,28);1H. The number of benzene rings is 2. The molecule has 1 aliphatic rings. The smallest absolute Gasteiger partial charge is 0.387 e. The third kappa shape index (κ3) is 8.62. The van der Waals surface area contributed by atoms with Gasteiger partial charge in [0, 0.05) is 25.6 Å². The van der Waals surface area contributed by atoms with Crippen LogP contribution in [0.3, 0.4) is 0 Å². The van der Waals surface area contributed by atoms with Gasteiger partial charge in [-0.3, -0.25) is 0 Å². The number of guanidine groups is 1. The Morgan fingerprint density at radius 3 is 2.64 bits per heavy atom. The first kappa shape index (κ1) is 27.1. The Labute approximate surface area is 211 Å². The van der Waals surface area contributed by atoms with E-state index in [1.807, 2.05) is 25.1 Å². The summed E-state index contributed by atoms with van der Waals surface area (Å²) in [7, 11) is 1.42. The van der Waals surface area contributed by atoms with Crippen LogP contribution in [0.5, 0.6) is 11.5 Å². The molecule has 1 fully saturated rings. The summed E-state index contributed by atoms with van der Waals surface area (Å²) in [5, 5.41) is 3.33. The van der Waals surface area contributed by atoms with Crippen LogP contribution in [0, 0.1) is 5.92 Å². The van der Waals surface area contributed by atoms with Crippen LogP contribution in [-0.4, -0.2) is 50.8 Å². The number of ether oxygens (including phenoxy) is 3. The number of alkyl halides is 2. The van der Waals surface area contributed by atoms with E-state index in [9.17, 15) is 8.78 Å². The van der Waals surface area contributed by atoms with Gasteiger partial charge in [-0.05, 0) is 36.6 Å². The molecule has 0 aromatic heterocycles. The molecule has 33 heavy (non-hydrogen) atoms. The summed E-state index contributed by atoms with van der Waals surface area (Å²) >= 11 is 0. The lowest BCUT2D eigenvalue weighted by Crippen LogP contribution is -2.40. The second-order valence-electron chi connectivity index (χ2n) is 7.64. The number of halogens is 3. The number of hydrogen-bond donors (Lipinski definition) is 1. The SMILES string of the molecule is CCNC(=NCc1ccc(OC)c(OC(F)F)c1)N1CCC(COCc2ccccc2)C1.I. The molecule has 2 aromatic rings. The van der Waals surface area contributed by atoms with Crippen LogP contribution in [-0.2, 0) is 17.9 Å². The van der Waals surface area contributed by atoms with Crippen molar-refractivity contribution in [3.63, 3.8) is 0 Å². The summed E-state index contributed by atoms with van der Waals surface area (Å²) in [5.74, 6) is 1.53. The summed E-state index contributed by atoms with van der Waals surface area (Å²) in [6.07, 6.45) is 1.04. The Morgan fingerprint density at radius 1 is 1.15 bits per heavy atom. The third-order valence-electron chi connectivity index (χ3n) is 5.24. The van der Waals surface area contributed by atoms with Crippen molar-refractivity contribution in [3.8, 4) is 11.5 Å². The second kappa shape index (κ2) is 14.2. The van der Waals surface area contributed by atoms with Crippen molar-refractivity contribution in [2.45, 2.75) is 33.1 Å². The van der Waals surface area contributed by atoms with Crippen molar-refractivity contribution in [2.24, 2.45) is 10.9 Å². The number of nitrogens with zero attached hydrogens (tertiary/aromatic N) is 2. The molecule has 0 saturated carbocycles. The van der Waals surface area contributed by atoms with Crippen LogP contribution < -0.4 is 14.8 Å². The van der Waals surface area contributed by atoms with E-state index in [1.54, 1.807) is 18.2 Å². The van der Waals surface area contributed by atoms with Crippen LogP contribution in [0.15, 0.2) is 53.5 Å². The molecule has 182 valence electrons. The van der Waals surface area contributed by atoms with Gasteiger partial charge in [-0.15, -0.1) is 24.0 Å². The number of nitrogens with one attached hydrogen (secondary N) is 1. The molecule has 1 aliphatic heterocycles. The van der Waals surface area contributed by atoms with E-state index in [0.29, 0.717) is 25.7 Å². The van der Waals surface area contributed by atoms with Crippen molar-refractivity contribution in [1.82, 2.24) is 10.2 Å². The van der Waals surface area contributed by atoms with E-state index in [0.717, 1.165) is 37.6 Å².